The fourth-order valence-corrected chi connectivity index (χ4v) is 7.00. The molecule has 0 radical (unpaired) electrons. The van der Waals surface area contributed by atoms with Crippen LogP contribution in [0.4, 0.5) is 5.82 Å². The maximum Gasteiger partial charge on any atom is 0.156 e. The van der Waals surface area contributed by atoms with Crippen LogP contribution in [0.2, 0.25) is 0 Å². The quantitative estimate of drug-likeness (QED) is 0.237. The molecule has 2 aliphatic rings. The Morgan fingerprint density at radius 1 is 0.875 bits per heavy atom. The number of aromatic nitrogens is 4. The zero-order chi connectivity index (χ0) is 27.1. The zero-order valence-electron chi connectivity index (χ0n) is 23.1. The van der Waals surface area contributed by atoms with Gasteiger partial charge in [-0.1, -0.05) is 30.3 Å². The molecule has 0 bridgehead atoms. The van der Waals surface area contributed by atoms with Gasteiger partial charge in [0.1, 0.15) is 33.9 Å². The molecule has 2 aromatic carbocycles. The molecule has 0 aliphatic carbocycles. The number of anilines is 1. The van der Waals surface area contributed by atoms with E-state index in [0.29, 0.717) is 0 Å². The molecule has 7 rings (SSSR count). The summed E-state index contributed by atoms with van der Waals surface area (Å²) in [6.07, 6.45) is 5.24. The third kappa shape index (κ3) is 4.75. The van der Waals surface area contributed by atoms with Crippen LogP contribution < -0.4 is 9.64 Å². The second-order valence-electron chi connectivity index (χ2n) is 10.8. The topological polar surface area (TPSA) is 59.3 Å². The summed E-state index contributed by atoms with van der Waals surface area (Å²) in [6, 6.07) is 18.4. The van der Waals surface area contributed by atoms with Crippen LogP contribution in [0, 0.1) is 13.8 Å². The number of hydrogen-bond acceptors (Lipinski definition) is 7. The largest absolute Gasteiger partial charge is 0.457 e. The Labute approximate surface area is 239 Å². The number of benzene rings is 2. The molecule has 1 fully saturated rings. The van der Waals surface area contributed by atoms with E-state index < -0.39 is 0 Å². The Hall–Kier alpha value is -3.75. The average Bonchev–Trinajstić information content (AvgIpc) is 3.50. The van der Waals surface area contributed by atoms with Crippen LogP contribution in [0.1, 0.15) is 34.7 Å². The number of thiazole rings is 1. The summed E-state index contributed by atoms with van der Waals surface area (Å²) in [6.45, 7) is 10.1. The highest BCUT2D eigenvalue weighted by molar-refractivity contribution is 7.15. The lowest BCUT2D eigenvalue weighted by Crippen LogP contribution is -2.46. The molecule has 2 aliphatic heterocycles. The molecule has 0 spiro atoms. The van der Waals surface area contributed by atoms with Crippen LogP contribution in [0.25, 0.3) is 21.6 Å². The third-order valence-electron chi connectivity index (χ3n) is 8.17. The monoisotopic (exact) mass is 550 g/mol. The van der Waals surface area contributed by atoms with Crippen molar-refractivity contribution in [3.63, 3.8) is 0 Å². The lowest BCUT2D eigenvalue weighted by molar-refractivity contribution is 0.249. The van der Waals surface area contributed by atoms with Gasteiger partial charge in [0.15, 0.2) is 5.82 Å². The van der Waals surface area contributed by atoms with E-state index in [2.05, 4.69) is 46.4 Å². The normalized spacial score (nSPS) is 15.9. The molecule has 7 nitrogen and oxygen atoms in total. The van der Waals surface area contributed by atoms with Crippen LogP contribution in [0.3, 0.4) is 0 Å². The number of nitrogens with zero attached hydrogens (tertiary/aromatic N) is 6. The van der Waals surface area contributed by atoms with Gasteiger partial charge in [-0.15, -0.1) is 11.3 Å². The van der Waals surface area contributed by atoms with Gasteiger partial charge in [0, 0.05) is 49.8 Å². The first-order chi connectivity index (χ1) is 19.6. The number of piperazine rings is 1. The summed E-state index contributed by atoms with van der Waals surface area (Å²) < 4.78 is 8.56. The van der Waals surface area contributed by atoms with E-state index in [9.17, 15) is 0 Å². The minimum Gasteiger partial charge on any atom is -0.457 e. The second-order valence-corrected chi connectivity index (χ2v) is 12.0. The molecule has 40 heavy (non-hydrogen) atoms. The van der Waals surface area contributed by atoms with E-state index in [1.807, 2.05) is 36.4 Å². The molecule has 8 heteroatoms. The molecule has 0 amide bonds. The van der Waals surface area contributed by atoms with Crippen molar-refractivity contribution in [1.82, 2.24) is 24.4 Å². The van der Waals surface area contributed by atoms with Crippen molar-refractivity contribution in [2.45, 2.75) is 46.2 Å². The van der Waals surface area contributed by atoms with Gasteiger partial charge < -0.3 is 14.2 Å². The first-order valence-corrected chi connectivity index (χ1v) is 15.1. The van der Waals surface area contributed by atoms with Gasteiger partial charge in [-0.3, -0.25) is 4.90 Å². The summed E-state index contributed by atoms with van der Waals surface area (Å²) in [5.74, 6) is 2.81. The molecular weight excluding hydrogens is 516 g/mol. The summed E-state index contributed by atoms with van der Waals surface area (Å²) >= 11 is 1.79. The Balaban J connectivity index is 1.11. The minimum atomic E-state index is 0.861. The van der Waals surface area contributed by atoms with Crippen LogP contribution >= 0.6 is 11.3 Å². The van der Waals surface area contributed by atoms with Crippen LogP contribution in [-0.4, -0.2) is 50.6 Å². The lowest BCUT2D eigenvalue weighted by Gasteiger charge is -2.36. The van der Waals surface area contributed by atoms with Crippen LogP contribution in [-0.2, 0) is 19.5 Å². The molecule has 0 atom stereocenters. The van der Waals surface area contributed by atoms with E-state index >= 15 is 0 Å². The van der Waals surface area contributed by atoms with Crippen LogP contribution in [0.5, 0.6) is 11.5 Å². The molecule has 5 heterocycles. The number of hydrogen-bond donors (Lipinski definition) is 0. The minimum absolute atomic E-state index is 0.861. The van der Waals surface area contributed by atoms with Crippen molar-refractivity contribution >= 4 is 28.2 Å². The highest BCUT2D eigenvalue weighted by Gasteiger charge is 2.29. The SMILES string of the molecule is Cc1nc(-c2c3n(c4c(N5CCN(Cc6cccc(Oc7ccccc7)c6)CC5)ncnc24)CCCC3)sc1C. The van der Waals surface area contributed by atoms with Gasteiger partial charge in [0.05, 0.1) is 11.3 Å². The van der Waals surface area contributed by atoms with Crippen molar-refractivity contribution in [3.05, 3.63) is 82.8 Å². The number of rotatable bonds is 6. The number of ether oxygens (including phenoxy) is 1. The first kappa shape index (κ1) is 25.2. The molecule has 0 unspecified atom stereocenters. The summed E-state index contributed by atoms with van der Waals surface area (Å²) in [7, 11) is 0. The van der Waals surface area contributed by atoms with Crippen molar-refractivity contribution in [2.24, 2.45) is 0 Å². The smallest absolute Gasteiger partial charge is 0.156 e. The number of aryl methyl sites for hydroxylation is 3. The maximum absolute atomic E-state index is 6.06. The Kier molecular flexibility index (Phi) is 6.73. The molecular formula is C32H34N6OS. The highest BCUT2D eigenvalue weighted by atomic mass is 32.1. The molecule has 3 aromatic heterocycles. The molecule has 204 valence electrons. The molecule has 1 saturated heterocycles. The van der Waals surface area contributed by atoms with Crippen molar-refractivity contribution < 1.29 is 4.74 Å². The predicted octanol–water partition coefficient (Wildman–Crippen LogP) is 6.62. The Morgan fingerprint density at radius 3 is 2.50 bits per heavy atom. The first-order valence-electron chi connectivity index (χ1n) is 14.2. The molecule has 0 saturated carbocycles. The van der Waals surface area contributed by atoms with E-state index in [4.69, 9.17) is 19.7 Å². The standard InChI is InChI=1S/C32H34N6OS/c1-22-23(2)40-32(35-22)28-27-13-6-7-14-38(27)30-29(28)33-21-34-31(30)37-17-15-36(16-18-37)20-24-9-8-12-26(19-24)39-25-10-4-3-5-11-25/h3-5,8-12,19,21H,6-7,13-18,20H2,1-2H3. The van der Waals surface area contributed by atoms with E-state index in [1.54, 1.807) is 17.7 Å². The van der Waals surface area contributed by atoms with Crippen molar-refractivity contribution in [2.75, 3.05) is 31.1 Å². The van der Waals surface area contributed by atoms with Gasteiger partial charge >= 0.3 is 0 Å². The lowest BCUT2D eigenvalue weighted by atomic mass is 10.1. The molecule has 0 N–H and O–H groups in total. The van der Waals surface area contributed by atoms with Crippen LogP contribution in [0.15, 0.2) is 60.9 Å². The van der Waals surface area contributed by atoms with Gasteiger partial charge in [-0.2, -0.15) is 0 Å². The zero-order valence-corrected chi connectivity index (χ0v) is 24.0. The summed E-state index contributed by atoms with van der Waals surface area (Å²) in [5.41, 5.74) is 7.26. The summed E-state index contributed by atoms with van der Waals surface area (Å²) in [5, 5.41) is 1.10. The van der Waals surface area contributed by atoms with E-state index in [1.165, 1.54) is 40.1 Å². The van der Waals surface area contributed by atoms with Gasteiger partial charge in [0.2, 0.25) is 0 Å². The van der Waals surface area contributed by atoms with Gasteiger partial charge in [-0.25, -0.2) is 15.0 Å². The Morgan fingerprint density at radius 2 is 1.70 bits per heavy atom. The summed E-state index contributed by atoms with van der Waals surface area (Å²) in [4.78, 5) is 20.9. The van der Waals surface area contributed by atoms with Crippen molar-refractivity contribution in [1.29, 1.82) is 0 Å². The average molecular weight is 551 g/mol. The fourth-order valence-electron chi connectivity index (χ4n) is 6.02. The van der Waals surface area contributed by atoms with E-state index in [-0.39, 0.29) is 0 Å². The van der Waals surface area contributed by atoms with Gasteiger partial charge in [0.25, 0.3) is 0 Å². The maximum atomic E-state index is 6.06. The predicted molar refractivity (Wildman–Crippen MR) is 161 cm³/mol. The number of fused-ring (bicyclic) bond motifs is 3. The second kappa shape index (κ2) is 10.7. The molecule has 5 aromatic rings. The van der Waals surface area contributed by atoms with Gasteiger partial charge in [-0.05, 0) is 62.9 Å². The third-order valence-corrected chi connectivity index (χ3v) is 9.26. The fraction of sp³-hybridized carbons (Fsp3) is 0.344. The van der Waals surface area contributed by atoms with E-state index in [0.717, 1.165) is 79.2 Å². The highest BCUT2D eigenvalue weighted by Crippen LogP contribution is 2.41. The number of para-hydroxylation sites is 1. The van der Waals surface area contributed by atoms with Crippen molar-refractivity contribution in [3.8, 4) is 22.1 Å². The Bertz CT molecular complexity index is 1630.